The van der Waals surface area contributed by atoms with Gasteiger partial charge in [0.15, 0.2) is 0 Å². The van der Waals surface area contributed by atoms with E-state index < -0.39 is 37.2 Å². The predicted molar refractivity (Wildman–Crippen MR) is 62.5 cm³/mol. The number of halogens is 2. The molecule has 2 N–H and O–H groups in total. The molecular weight excluding hydrogens is 305 g/mol. The van der Waals surface area contributed by atoms with Crippen LogP contribution < -0.4 is 5.32 Å². The van der Waals surface area contributed by atoms with Crippen molar-refractivity contribution in [1.82, 2.24) is 5.32 Å². The second-order valence-corrected chi connectivity index (χ2v) is 5.92. The van der Waals surface area contributed by atoms with Crippen molar-refractivity contribution in [2.75, 3.05) is 0 Å². The van der Waals surface area contributed by atoms with Gasteiger partial charge in [-0.3, -0.25) is 19.5 Å². The standard InChI is InChI=1S/C9H5Cl2NO5S/c10-7(11)4-2-1-3-5(6(4)18(15,16)17)9(14)12-8(3)13/h1-2,7H,(H,12,13,14)(H,15,16,17). The molecular formula is C9H5Cl2NO5S. The van der Waals surface area contributed by atoms with E-state index in [1.165, 1.54) is 12.1 Å². The highest BCUT2D eigenvalue weighted by Crippen LogP contribution is 2.35. The topological polar surface area (TPSA) is 101 Å². The first-order chi connectivity index (χ1) is 8.23. The normalized spacial score (nSPS) is 14.9. The van der Waals surface area contributed by atoms with E-state index in [1.807, 2.05) is 5.32 Å². The maximum Gasteiger partial charge on any atom is 0.295 e. The third-order valence-electron chi connectivity index (χ3n) is 2.38. The Morgan fingerprint density at radius 3 is 2.28 bits per heavy atom. The average molecular weight is 310 g/mol. The lowest BCUT2D eigenvalue weighted by molar-refractivity contribution is 0.0878. The molecule has 9 heteroatoms. The van der Waals surface area contributed by atoms with E-state index in [9.17, 15) is 18.0 Å². The molecule has 1 aromatic carbocycles. The number of imide groups is 1. The summed E-state index contributed by atoms with van der Waals surface area (Å²) < 4.78 is 31.8. The van der Waals surface area contributed by atoms with E-state index >= 15 is 0 Å². The summed E-state index contributed by atoms with van der Waals surface area (Å²) in [5, 5.41) is 1.92. The fourth-order valence-electron chi connectivity index (χ4n) is 1.70. The van der Waals surface area contributed by atoms with Crippen molar-refractivity contribution in [1.29, 1.82) is 0 Å². The molecule has 0 bridgehead atoms. The van der Waals surface area contributed by atoms with E-state index in [2.05, 4.69) is 0 Å². The molecule has 0 atom stereocenters. The van der Waals surface area contributed by atoms with Crippen molar-refractivity contribution in [2.24, 2.45) is 0 Å². The van der Waals surface area contributed by atoms with Crippen LogP contribution in [0.25, 0.3) is 0 Å². The Morgan fingerprint density at radius 2 is 1.78 bits per heavy atom. The minimum absolute atomic E-state index is 0.148. The first-order valence-electron chi connectivity index (χ1n) is 4.51. The number of carbonyl (C=O) groups excluding carboxylic acids is 2. The van der Waals surface area contributed by atoms with Crippen molar-refractivity contribution < 1.29 is 22.6 Å². The quantitative estimate of drug-likeness (QED) is 0.487. The van der Waals surface area contributed by atoms with Gasteiger partial charge in [-0.2, -0.15) is 8.42 Å². The van der Waals surface area contributed by atoms with Crippen LogP contribution in [0, 0.1) is 0 Å². The molecule has 0 spiro atoms. The number of fused-ring (bicyclic) bond motifs is 1. The monoisotopic (exact) mass is 309 g/mol. The van der Waals surface area contributed by atoms with E-state index in [-0.39, 0.29) is 11.1 Å². The van der Waals surface area contributed by atoms with E-state index in [0.29, 0.717) is 0 Å². The van der Waals surface area contributed by atoms with Crippen LogP contribution in [-0.2, 0) is 10.1 Å². The smallest absolute Gasteiger partial charge is 0.288 e. The Balaban J connectivity index is 2.91. The van der Waals surface area contributed by atoms with Crippen LogP contribution >= 0.6 is 23.2 Å². The summed E-state index contributed by atoms with van der Waals surface area (Å²) in [6.07, 6.45) is 0. The molecule has 0 fully saturated rings. The first kappa shape index (κ1) is 13.3. The van der Waals surface area contributed by atoms with Gasteiger partial charge in [0.2, 0.25) is 0 Å². The van der Waals surface area contributed by atoms with Gasteiger partial charge < -0.3 is 0 Å². The predicted octanol–water partition coefficient (Wildman–Crippen LogP) is 1.29. The van der Waals surface area contributed by atoms with Crippen molar-refractivity contribution in [3.05, 3.63) is 28.8 Å². The highest BCUT2D eigenvalue weighted by Gasteiger charge is 2.36. The van der Waals surface area contributed by atoms with E-state index in [0.717, 1.165) is 0 Å². The maximum atomic E-state index is 11.5. The number of benzene rings is 1. The molecule has 0 saturated carbocycles. The molecule has 0 aliphatic carbocycles. The third kappa shape index (κ3) is 1.99. The lowest BCUT2D eigenvalue weighted by Crippen LogP contribution is -2.20. The number of carbonyl (C=O) groups is 2. The lowest BCUT2D eigenvalue weighted by atomic mass is 10.1. The van der Waals surface area contributed by atoms with Crippen molar-refractivity contribution in [3.8, 4) is 0 Å². The minimum Gasteiger partial charge on any atom is -0.288 e. The molecule has 0 aromatic heterocycles. The van der Waals surface area contributed by atoms with Gasteiger partial charge in [0, 0.05) is 5.56 Å². The minimum atomic E-state index is -4.74. The fraction of sp³-hybridized carbons (Fsp3) is 0.111. The Bertz CT molecular complexity index is 668. The van der Waals surface area contributed by atoms with Crippen molar-refractivity contribution >= 4 is 45.1 Å². The molecule has 0 saturated heterocycles. The van der Waals surface area contributed by atoms with Crippen LogP contribution in [-0.4, -0.2) is 24.8 Å². The molecule has 0 radical (unpaired) electrons. The molecule has 96 valence electrons. The van der Waals surface area contributed by atoms with Gasteiger partial charge in [0.05, 0.1) is 11.1 Å². The molecule has 6 nitrogen and oxygen atoms in total. The van der Waals surface area contributed by atoms with Gasteiger partial charge in [-0.15, -0.1) is 23.2 Å². The maximum absolute atomic E-state index is 11.5. The van der Waals surface area contributed by atoms with Crippen LogP contribution in [0.1, 0.15) is 31.1 Å². The molecule has 1 heterocycles. The Kier molecular flexibility index (Phi) is 3.10. The average Bonchev–Trinajstić information content (AvgIpc) is 2.52. The summed E-state index contributed by atoms with van der Waals surface area (Å²) in [7, 11) is -4.74. The third-order valence-corrected chi connectivity index (χ3v) is 3.81. The summed E-state index contributed by atoms with van der Waals surface area (Å²) in [5.41, 5.74) is -0.749. The number of nitrogens with one attached hydrogen (secondary N) is 1. The lowest BCUT2D eigenvalue weighted by Gasteiger charge is -2.10. The van der Waals surface area contributed by atoms with Crippen LogP contribution in [0.15, 0.2) is 17.0 Å². The van der Waals surface area contributed by atoms with Gasteiger partial charge in [-0.05, 0) is 6.07 Å². The number of rotatable bonds is 2. The van der Waals surface area contributed by atoms with Crippen LogP contribution in [0.5, 0.6) is 0 Å². The van der Waals surface area contributed by atoms with Gasteiger partial charge in [0.25, 0.3) is 21.9 Å². The molecule has 2 rings (SSSR count). The van der Waals surface area contributed by atoms with E-state index in [1.54, 1.807) is 0 Å². The molecule has 1 aromatic rings. The van der Waals surface area contributed by atoms with Crippen LogP contribution in [0.2, 0.25) is 0 Å². The number of alkyl halides is 2. The Hall–Kier alpha value is -1.15. The zero-order valence-corrected chi connectivity index (χ0v) is 10.8. The second-order valence-electron chi connectivity index (χ2n) is 3.47. The van der Waals surface area contributed by atoms with E-state index in [4.69, 9.17) is 27.8 Å². The SMILES string of the molecule is O=C1NC(=O)c2c1ccc(C(Cl)Cl)c2S(=O)(=O)O. The summed E-state index contributed by atoms with van der Waals surface area (Å²) in [5.74, 6) is -1.66. The second kappa shape index (κ2) is 4.20. The first-order valence-corrected chi connectivity index (χ1v) is 6.83. The number of amides is 2. The summed E-state index contributed by atoms with van der Waals surface area (Å²) >= 11 is 11.1. The van der Waals surface area contributed by atoms with Gasteiger partial charge in [-0.1, -0.05) is 6.07 Å². The van der Waals surface area contributed by atoms with Crippen molar-refractivity contribution in [2.45, 2.75) is 9.73 Å². The number of hydrogen-bond donors (Lipinski definition) is 2. The molecule has 18 heavy (non-hydrogen) atoms. The van der Waals surface area contributed by atoms with Crippen molar-refractivity contribution in [3.63, 3.8) is 0 Å². The van der Waals surface area contributed by atoms with Gasteiger partial charge in [-0.25, -0.2) is 0 Å². The Labute approximate surface area is 112 Å². The molecule has 0 unspecified atom stereocenters. The summed E-state index contributed by atoms with van der Waals surface area (Å²) in [6.45, 7) is 0. The largest absolute Gasteiger partial charge is 0.295 e. The van der Waals surface area contributed by atoms with Crippen LogP contribution in [0.3, 0.4) is 0 Å². The molecule has 1 aliphatic heterocycles. The highest BCUT2D eigenvalue weighted by atomic mass is 35.5. The molecule has 1 aliphatic rings. The fourth-order valence-corrected chi connectivity index (χ4v) is 3.13. The zero-order valence-electron chi connectivity index (χ0n) is 8.48. The zero-order chi connectivity index (χ0) is 13.7. The van der Waals surface area contributed by atoms with Gasteiger partial charge in [0.1, 0.15) is 9.73 Å². The summed E-state index contributed by atoms with van der Waals surface area (Å²) in [4.78, 5) is 20.9. The molecule has 2 amide bonds. The Morgan fingerprint density at radius 1 is 1.17 bits per heavy atom. The number of hydrogen-bond acceptors (Lipinski definition) is 4. The summed E-state index contributed by atoms with van der Waals surface area (Å²) in [6, 6.07) is 2.39. The van der Waals surface area contributed by atoms with Crippen LogP contribution in [0.4, 0.5) is 0 Å². The van der Waals surface area contributed by atoms with Gasteiger partial charge >= 0.3 is 0 Å². The highest BCUT2D eigenvalue weighted by molar-refractivity contribution is 7.86.